The number of nitrogens with zero attached hydrogens (tertiary/aromatic N) is 1. The first-order chi connectivity index (χ1) is 14.1. The molecule has 0 aliphatic heterocycles. The summed E-state index contributed by atoms with van der Waals surface area (Å²) in [6.45, 7) is 5.21. The van der Waals surface area contributed by atoms with Crippen LogP contribution in [0.5, 0.6) is 0 Å². The lowest BCUT2D eigenvalue weighted by atomic mass is 9.77. The van der Waals surface area contributed by atoms with Gasteiger partial charge in [0.1, 0.15) is 0 Å². The van der Waals surface area contributed by atoms with Gasteiger partial charge in [0, 0.05) is 24.9 Å². The van der Waals surface area contributed by atoms with E-state index in [1.54, 1.807) is 12.1 Å². The second-order valence-corrected chi connectivity index (χ2v) is 9.59. The summed E-state index contributed by atoms with van der Waals surface area (Å²) in [4.78, 5) is 2.46. The first-order valence-electron chi connectivity index (χ1n) is 11.4. The van der Waals surface area contributed by atoms with Gasteiger partial charge in [-0.1, -0.05) is 38.8 Å². The molecule has 0 amide bonds. The summed E-state index contributed by atoms with van der Waals surface area (Å²) in [7, 11) is 0. The SMILES string of the molecule is CC(C)CCN(C1CCC(F)(F)CC1)[C@@H]1CCCC[C@H]1c1ccc(C(F)(F)F)cc1. The molecule has 30 heavy (non-hydrogen) atoms. The van der Waals surface area contributed by atoms with Crippen molar-refractivity contribution in [2.75, 3.05) is 6.54 Å². The molecule has 0 heterocycles. The molecule has 1 nitrogen and oxygen atoms in total. The molecule has 0 unspecified atom stereocenters. The van der Waals surface area contributed by atoms with Gasteiger partial charge in [0.15, 0.2) is 0 Å². The lowest BCUT2D eigenvalue weighted by molar-refractivity contribution is -0.137. The fourth-order valence-corrected chi connectivity index (χ4v) is 5.20. The highest BCUT2D eigenvalue weighted by Gasteiger charge is 2.41. The van der Waals surface area contributed by atoms with Crippen LogP contribution in [0.1, 0.15) is 88.7 Å². The minimum absolute atomic E-state index is 0.0620. The Balaban J connectivity index is 1.82. The molecule has 1 aromatic rings. The van der Waals surface area contributed by atoms with Crippen LogP contribution in [0.15, 0.2) is 24.3 Å². The van der Waals surface area contributed by atoms with Gasteiger partial charge in [0.05, 0.1) is 5.56 Å². The summed E-state index contributed by atoms with van der Waals surface area (Å²) in [5.41, 5.74) is 0.327. The number of hydrogen-bond acceptors (Lipinski definition) is 1. The molecule has 0 spiro atoms. The highest BCUT2D eigenvalue weighted by Crippen LogP contribution is 2.42. The molecule has 2 aliphatic rings. The molecule has 0 bridgehead atoms. The normalized spacial score (nSPS) is 25.8. The molecule has 2 atom stereocenters. The zero-order valence-corrected chi connectivity index (χ0v) is 18.0. The van der Waals surface area contributed by atoms with Crippen molar-refractivity contribution >= 4 is 0 Å². The first kappa shape index (κ1) is 23.5. The Morgan fingerprint density at radius 1 is 0.967 bits per heavy atom. The van der Waals surface area contributed by atoms with Gasteiger partial charge in [-0.05, 0) is 68.2 Å². The topological polar surface area (TPSA) is 3.24 Å². The van der Waals surface area contributed by atoms with Gasteiger partial charge in [0.25, 0.3) is 0 Å². The molecule has 170 valence electrons. The molecule has 0 radical (unpaired) electrons. The average molecular weight is 432 g/mol. The van der Waals surface area contributed by atoms with Gasteiger partial charge in [-0.2, -0.15) is 13.2 Å². The molecule has 2 saturated carbocycles. The van der Waals surface area contributed by atoms with Crippen molar-refractivity contribution in [3.63, 3.8) is 0 Å². The predicted octanol–water partition coefficient (Wildman–Crippen LogP) is 7.66. The second-order valence-electron chi connectivity index (χ2n) is 9.59. The summed E-state index contributed by atoms with van der Waals surface area (Å²) in [6.07, 6.45) is 1.62. The van der Waals surface area contributed by atoms with Crippen LogP contribution in [0, 0.1) is 5.92 Å². The third kappa shape index (κ3) is 5.95. The molecule has 1 aromatic carbocycles. The fraction of sp³-hybridized carbons (Fsp3) is 0.750. The molecule has 0 N–H and O–H groups in total. The number of benzene rings is 1. The Morgan fingerprint density at radius 2 is 1.57 bits per heavy atom. The molecule has 6 heteroatoms. The summed E-state index contributed by atoms with van der Waals surface area (Å²) < 4.78 is 66.5. The summed E-state index contributed by atoms with van der Waals surface area (Å²) >= 11 is 0. The summed E-state index contributed by atoms with van der Waals surface area (Å²) in [5.74, 6) is -1.87. The van der Waals surface area contributed by atoms with E-state index in [-0.39, 0.29) is 30.8 Å². The summed E-state index contributed by atoms with van der Waals surface area (Å²) in [5, 5.41) is 0. The van der Waals surface area contributed by atoms with E-state index >= 15 is 0 Å². The van der Waals surface area contributed by atoms with Gasteiger partial charge < -0.3 is 0 Å². The number of rotatable bonds is 6. The Hall–Kier alpha value is -1.17. The minimum Gasteiger partial charge on any atom is -0.297 e. The minimum atomic E-state index is -4.33. The standard InChI is InChI=1S/C24H34F5N/c1-17(2)13-16-30(20-11-14-23(25,26)15-12-20)22-6-4-3-5-21(22)18-7-9-19(10-8-18)24(27,28)29/h7-10,17,20-22H,3-6,11-16H2,1-2H3/t21-,22+/m0/s1. The number of halogens is 5. The van der Waals surface area contributed by atoms with Crippen molar-refractivity contribution in [2.45, 2.75) is 102 Å². The van der Waals surface area contributed by atoms with E-state index in [1.807, 2.05) is 0 Å². The van der Waals surface area contributed by atoms with Crippen molar-refractivity contribution in [2.24, 2.45) is 5.92 Å². The zero-order valence-electron chi connectivity index (χ0n) is 18.0. The Kier molecular flexibility index (Phi) is 7.47. The van der Waals surface area contributed by atoms with Gasteiger partial charge in [-0.3, -0.25) is 4.90 Å². The van der Waals surface area contributed by atoms with Crippen LogP contribution >= 0.6 is 0 Å². The maximum Gasteiger partial charge on any atom is 0.416 e. The van der Waals surface area contributed by atoms with Crippen LogP contribution in [0.25, 0.3) is 0 Å². The van der Waals surface area contributed by atoms with Crippen LogP contribution < -0.4 is 0 Å². The van der Waals surface area contributed by atoms with E-state index in [9.17, 15) is 22.0 Å². The van der Waals surface area contributed by atoms with Crippen molar-refractivity contribution in [3.05, 3.63) is 35.4 Å². The molecule has 2 aliphatic carbocycles. The lowest BCUT2D eigenvalue weighted by Gasteiger charge is -2.46. The van der Waals surface area contributed by atoms with Crippen molar-refractivity contribution < 1.29 is 22.0 Å². The van der Waals surface area contributed by atoms with E-state index in [2.05, 4.69) is 18.7 Å². The smallest absolute Gasteiger partial charge is 0.297 e. The predicted molar refractivity (Wildman–Crippen MR) is 110 cm³/mol. The van der Waals surface area contributed by atoms with Crippen LogP contribution in [0.2, 0.25) is 0 Å². The van der Waals surface area contributed by atoms with Gasteiger partial charge in [-0.25, -0.2) is 8.78 Å². The molecule has 0 saturated heterocycles. The van der Waals surface area contributed by atoms with Crippen LogP contribution in [-0.4, -0.2) is 29.5 Å². The van der Waals surface area contributed by atoms with Gasteiger partial charge in [0.2, 0.25) is 5.92 Å². The summed E-state index contributed by atoms with van der Waals surface area (Å²) in [6, 6.07) is 5.97. The first-order valence-corrected chi connectivity index (χ1v) is 11.4. The van der Waals surface area contributed by atoms with Crippen molar-refractivity contribution in [1.29, 1.82) is 0 Å². The zero-order chi connectivity index (χ0) is 21.9. The van der Waals surface area contributed by atoms with E-state index < -0.39 is 17.7 Å². The Labute approximate surface area is 177 Å². The van der Waals surface area contributed by atoms with E-state index in [0.29, 0.717) is 18.8 Å². The van der Waals surface area contributed by atoms with Gasteiger partial charge >= 0.3 is 6.18 Å². The molecular weight excluding hydrogens is 397 g/mol. The average Bonchev–Trinajstić information content (AvgIpc) is 2.69. The quantitative estimate of drug-likeness (QED) is 0.418. The Morgan fingerprint density at radius 3 is 2.13 bits per heavy atom. The third-order valence-electron chi connectivity index (χ3n) is 6.94. The number of alkyl halides is 5. The molecule has 2 fully saturated rings. The van der Waals surface area contributed by atoms with Gasteiger partial charge in [-0.15, -0.1) is 0 Å². The largest absolute Gasteiger partial charge is 0.416 e. The third-order valence-corrected chi connectivity index (χ3v) is 6.94. The highest BCUT2D eigenvalue weighted by molar-refractivity contribution is 5.28. The van der Waals surface area contributed by atoms with E-state index in [0.717, 1.165) is 44.2 Å². The lowest BCUT2D eigenvalue weighted by Crippen LogP contribution is -2.50. The fourth-order valence-electron chi connectivity index (χ4n) is 5.20. The molecule has 0 aromatic heterocycles. The maximum absolute atomic E-state index is 13.8. The molecular formula is C24H34F5N. The maximum atomic E-state index is 13.8. The Bertz CT molecular complexity index is 657. The van der Waals surface area contributed by atoms with Crippen LogP contribution in [0.4, 0.5) is 22.0 Å². The number of hydrogen-bond donors (Lipinski definition) is 0. The second kappa shape index (κ2) is 9.54. The van der Waals surface area contributed by atoms with Crippen molar-refractivity contribution in [3.8, 4) is 0 Å². The monoisotopic (exact) mass is 431 g/mol. The van der Waals surface area contributed by atoms with E-state index in [4.69, 9.17) is 0 Å². The van der Waals surface area contributed by atoms with Crippen LogP contribution in [-0.2, 0) is 6.18 Å². The van der Waals surface area contributed by atoms with Crippen molar-refractivity contribution in [1.82, 2.24) is 4.90 Å². The van der Waals surface area contributed by atoms with E-state index in [1.165, 1.54) is 12.1 Å². The van der Waals surface area contributed by atoms with Crippen LogP contribution in [0.3, 0.4) is 0 Å². The molecule has 3 rings (SSSR count). The highest BCUT2D eigenvalue weighted by atomic mass is 19.4.